The summed E-state index contributed by atoms with van der Waals surface area (Å²) in [6.07, 6.45) is 2.30. The number of rotatable bonds is 1. The van der Waals surface area contributed by atoms with Gasteiger partial charge in [-0.1, -0.05) is 0 Å². The Bertz CT molecular complexity index is 190. The van der Waals surface area contributed by atoms with Crippen LogP contribution < -0.4 is 5.43 Å². The number of nitrogens with zero attached hydrogens (tertiary/aromatic N) is 2. The molecule has 4 nitrogen and oxygen atoms in total. The summed E-state index contributed by atoms with van der Waals surface area (Å²) < 4.78 is 5.97. The van der Waals surface area contributed by atoms with Crippen LogP contribution in [0.4, 0.5) is 0 Å². The lowest BCUT2D eigenvalue weighted by Crippen LogP contribution is -2.57. The second-order valence-electron chi connectivity index (χ2n) is 4.48. The topological polar surface area (TPSA) is 27.7 Å². The van der Waals surface area contributed by atoms with Crippen LogP contribution >= 0.6 is 0 Å². The van der Waals surface area contributed by atoms with Gasteiger partial charge in [0.1, 0.15) is 0 Å². The predicted molar refractivity (Wildman–Crippen MR) is 56.0 cm³/mol. The van der Waals surface area contributed by atoms with Crippen molar-refractivity contribution in [2.24, 2.45) is 0 Å². The van der Waals surface area contributed by atoms with E-state index in [1.165, 1.54) is 0 Å². The standard InChI is InChI=1S/C10H21N3O/c1-11-13-5-3-10(4-6-13)9-12(2)7-8-14-10/h11H,3-9H2,1-2H3. The smallest absolute Gasteiger partial charge is 0.0834 e. The minimum Gasteiger partial charge on any atom is -0.372 e. The summed E-state index contributed by atoms with van der Waals surface area (Å²) in [5.74, 6) is 0. The summed E-state index contributed by atoms with van der Waals surface area (Å²) >= 11 is 0. The van der Waals surface area contributed by atoms with Crippen molar-refractivity contribution in [3.8, 4) is 0 Å². The minimum absolute atomic E-state index is 0.153. The van der Waals surface area contributed by atoms with Gasteiger partial charge in [-0.25, -0.2) is 5.01 Å². The summed E-state index contributed by atoms with van der Waals surface area (Å²) in [6.45, 7) is 5.28. The normalized spacial score (nSPS) is 29.6. The van der Waals surface area contributed by atoms with Crippen LogP contribution in [0, 0.1) is 0 Å². The van der Waals surface area contributed by atoms with Gasteiger partial charge in [0.15, 0.2) is 0 Å². The SMILES string of the molecule is CNN1CCC2(CC1)CN(C)CCO2. The van der Waals surface area contributed by atoms with Gasteiger partial charge >= 0.3 is 0 Å². The number of nitrogens with one attached hydrogen (secondary N) is 1. The van der Waals surface area contributed by atoms with E-state index in [1.807, 2.05) is 7.05 Å². The van der Waals surface area contributed by atoms with Crippen molar-refractivity contribution in [2.75, 3.05) is 46.9 Å². The van der Waals surface area contributed by atoms with E-state index < -0.39 is 0 Å². The third kappa shape index (κ3) is 2.08. The van der Waals surface area contributed by atoms with Gasteiger partial charge in [-0.05, 0) is 26.9 Å². The number of hydrazine groups is 1. The van der Waals surface area contributed by atoms with Crippen LogP contribution in [0.15, 0.2) is 0 Å². The van der Waals surface area contributed by atoms with E-state index in [4.69, 9.17) is 4.74 Å². The Morgan fingerprint density at radius 2 is 1.93 bits per heavy atom. The third-order valence-electron chi connectivity index (χ3n) is 3.43. The van der Waals surface area contributed by atoms with Crippen molar-refractivity contribution in [1.29, 1.82) is 0 Å². The van der Waals surface area contributed by atoms with Crippen LogP contribution in [0.1, 0.15) is 12.8 Å². The molecule has 2 heterocycles. The van der Waals surface area contributed by atoms with Crippen LogP contribution in [0.25, 0.3) is 0 Å². The molecule has 0 bridgehead atoms. The maximum Gasteiger partial charge on any atom is 0.0834 e. The van der Waals surface area contributed by atoms with Gasteiger partial charge in [0.25, 0.3) is 0 Å². The molecule has 0 aromatic rings. The maximum atomic E-state index is 5.97. The van der Waals surface area contributed by atoms with Crippen molar-refractivity contribution in [2.45, 2.75) is 18.4 Å². The highest BCUT2D eigenvalue weighted by atomic mass is 16.5. The van der Waals surface area contributed by atoms with Gasteiger partial charge < -0.3 is 9.64 Å². The first-order valence-electron chi connectivity index (χ1n) is 5.49. The Balaban J connectivity index is 1.91. The molecule has 0 saturated carbocycles. The fourth-order valence-corrected chi connectivity index (χ4v) is 2.47. The van der Waals surface area contributed by atoms with Gasteiger partial charge in [0.2, 0.25) is 0 Å². The lowest BCUT2D eigenvalue weighted by molar-refractivity contribution is -0.134. The lowest BCUT2D eigenvalue weighted by atomic mass is 9.90. The molecule has 0 atom stereocenters. The highest BCUT2D eigenvalue weighted by Gasteiger charge is 2.38. The number of hydrogen-bond acceptors (Lipinski definition) is 4. The third-order valence-corrected chi connectivity index (χ3v) is 3.43. The van der Waals surface area contributed by atoms with Gasteiger partial charge in [-0.3, -0.25) is 5.43 Å². The summed E-state index contributed by atoms with van der Waals surface area (Å²) in [5.41, 5.74) is 3.35. The monoisotopic (exact) mass is 199 g/mol. The molecule has 0 aromatic carbocycles. The maximum absolute atomic E-state index is 5.97. The second kappa shape index (κ2) is 4.14. The average molecular weight is 199 g/mol. The van der Waals surface area contributed by atoms with E-state index in [2.05, 4.69) is 22.4 Å². The van der Waals surface area contributed by atoms with E-state index in [-0.39, 0.29) is 5.60 Å². The first-order valence-corrected chi connectivity index (χ1v) is 5.49. The molecule has 2 saturated heterocycles. The molecular formula is C10H21N3O. The van der Waals surface area contributed by atoms with E-state index in [0.29, 0.717) is 0 Å². The lowest BCUT2D eigenvalue weighted by Gasteiger charge is -2.46. The Hall–Kier alpha value is -0.160. The van der Waals surface area contributed by atoms with Gasteiger partial charge in [0, 0.05) is 26.2 Å². The molecule has 2 fully saturated rings. The molecular weight excluding hydrogens is 178 g/mol. The highest BCUT2D eigenvalue weighted by molar-refractivity contribution is 4.91. The zero-order chi connectivity index (χ0) is 10.0. The summed E-state index contributed by atoms with van der Waals surface area (Å²) in [7, 11) is 4.18. The van der Waals surface area contributed by atoms with Crippen LogP contribution in [-0.2, 0) is 4.74 Å². The Labute approximate surface area is 86.2 Å². The summed E-state index contributed by atoms with van der Waals surface area (Å²) in [5, 5.41) is 2.27. The Kier molecular flexibility index (Phi) is 3.07. The first kappa shape index (κ1) is 10.4. The number of piperidine rings is 1. The quantitative estimate of drug-likeness (QED) is 0.639. The molecule has 2 rings (SSSR count). The highest BCUT2D eigenvalue weighted by Crippen LogP contribution is 2.28. The average Bonchev–Trinajstić information content (AvgIpc) is 2.19. The first-order chi connectivity index (χ1) is 6.74. The number of ether oxygens (including phenoxy) is 1. The van der Waals surface area contributed by atoms with E-state index >= 15 is 0 Å². The molecule has 2 aliphatic heterocycles. The molecule has 0 unspecified atom stereocenters. The van der Waals surface area contributed by atoms with Gasteiger partial charge in [-0.15, -0.1) is 0 Å². The number of likely N-dealkylation sites (N-methyl/N-ethyl adjacent to an activating group) is 1. The molecule has 2 aliphatic rings. The molecule has 14 heavy (non-hydrogen) atoms. The molecule has 0 aromatic heterocycles. The Morgan fingerprint density at radius 3 is 2.50 bits per heavy atom. The van der Waals surface area contributed by atoms with Crippen molar-refractivity contribution < 1.29 is 4.74 Å². The fourth-order valence-electron chi connectivity index (χ4n) is 2.47. The van der Waals surface area contributed by atoms with E-state index in [9.17, 15) is 0 Å². The molecule has 82 valence electrons. The molecule has 0 radical (unpaired) electrons. The summed E-state index contributed by atoms with van der Waals surface area (Å²) in [4.78, 5) is 2.39. The van der Waals surface area contributed by atoms with Crippen LogP contribution in [0.5, 0.6) is 0 Å². The van der Waals surface area contributed by atoms with Crippen LogP contribution in [-0.4, -0.2) is 62.4 Å². The van der Waals surface area contributed by atoms with Crippen molar-refractivity contribution in [1.82, 2.24) is 15.3 Å². The molecule has 0 aliphatic carbocycles. The predicted octanol–water partition coefficient (Wildman–Crippen LogP) is -0.0826. The van der Waals surface area contributed by atoms with Crippen LogP contribution in [0.3, 0.4) is 0 Å². The van der Waals surface area contributed by atoms with Crippen LogP contribution in [0.2, 0.25) is 0 Å². The zero-order valence-electron chi connectivity index (χ0n) is 9.25. The summed E-state index contributed by atoms with van der Waals surface area (Å²) in [6, 6.07) is 0. The van der Waals surface area contributed by atoms with E-state index in [1.54, 1.807) is 0 Å². The van der Waals surface area contributed by atoms with Crippen molar-refractivity contribution >= 4 is 0 Å². The molecule has 0 amide bonds. The Morgan fingerprint density at radius 1 is 1.21 bits per heavy atom. The van der Waals surface area contributed by atoms with Gasteiger partial charge in [0.05, 0.1) is 12.2 Å². The second-order valence-corrected chi connectivity index (χ2v) is 4.48. The molecule has 1 spiro atoms. The molecule has 4 heteroatoms. The van der Waals surface area contributed by atoms with E-state index in [0.717, 1.165) is 45.6 Å². The zero-order valence-corrected chi connectivity index (χ0v) is 9.25. The van der Waals surface area contributed by atoms with Gasteiger partial charge in [-0.2, -0.15) is 0 Å². The number of hydrogen-bond donors (Lipinski definition) is 1. The minimum atomic E-state index is 0.153. The number of morpholine rings is 1. The van der Waals surface area contributed by atoms with Crippen molar-refractivity contribution in [3.63, 3.8) is 0 Å². The van der Waals surface area contributed by atoms with Crippen molar-refractivity contribution in [3.05, 3.63) is 0 Å². The molecule has 1 N–H and O–H groups in total. The largest absolute Gasteiger partial charge is 0.372 e. The fraction of sp³-hybridized carbons (Fsp3) is 1.00.